The van der Waals surface area contributed by atoms with E-state index in [4.69, 9.17) is 11.1 Å². The van der Waals surface area contributed by atoms with Crippen LogP contribution >= 0.6 is 0 Å². The van der Waals surface area contributed by atoms with Crippen molar-refractivity contribution in [2.24, 2.45) is 11.7 Å². The zero-order valence-corrected chi connectivity index (χ0v) is 6.57. The molecule has 0 saturated heterocycles. The third-order valence-electron chi connectivity index (χ3n) is 1.27. The van der Waals surface area contributed by atoms with Crippen molar-refractivity contribution in [2.75, 3.05) is 0 Å². The summed E-state index contributed by atoms with van der Waals surface area (Å²) in [5.41, 5.74) is 5.15. The fourth-order valence-electron chi connectivity index (χ4n) is 0.520. The fraction of sp³-hybridized carbons (Fsp3) is 0.833. The molecule has 9 heavy (non-hydrogen) atoms. The van der Waals surface area contributed by atoms with Crippen LogP contribution in [-0.4, -0.2) is 5.84 Å². The molecule has 3 heteroatoms. The van der Waals surface area contributed by atoms with Crippen LogP contribution in [0.4, 0.5) is 0 Å². The molecule has 2 nitrogen and oxygen atoms in total. The summed E-state index contributed by atoms with van der Waals surface area (Å²) >= 11 is 0. The van der Waals surface area contributed by atoms with Crippen LogP contribution in [0, 0.1) is 11.3 Å². The largest absolute Gasteiger partial charge is 1.00 e. The molecule has 1 unspecified atom stereocenters. The minimum absolute atomic E-state index is 0. The Morgan fingerprint density at radius 1 is 1.78 bits per heavy atom. The average molecular weight is 122 g/mol. The first kappa shape index (κ1) is 11.8. The van der Waals surface area contributed by atoms with Crippen LogP contribution in [0.5, 0.6) is 0 Å². The Balaban J connectivity index is -0.000000245. The maximum atomic E-state index is 6.91. The van der Waals surface area contributed by atoms with Crippen molar-refractivity contribution in [1.82, 2.24) is 0 Å². The molecule has 3 N–H and O–H groups in total. The minimum atomic E-state index is 0. The van der Waals surface area contributed by atoms with Gasteiger partial charge in [-0.15, -0.1) is 0 Å². The van der Waals surface area contributed by atoms with E-state index in [0.717, 1.165) is 12.8 Å². The molecule has 0 rings (SSSR count). The van der Waals surface area contributed by atoms with E-state index in [9.17, 15) is 0 Å². The molecular formula is C6H15LiN2. The normalized spacial score (nSPS) is 11.8. The summed E-state index contributed by atoms with van der Waals surface area (Å²) in [6.45, 7) is 4.20. The van der Waals surface area contributed by atoms with Crippen molar-refractivity contribution < 1.29 is 20.3 Å². The monoisotopic (exact) mass is 122 g/mol. The van der Waals surface area contributed by atoms with E-state index in [1.54, 1.807) is 0 Å². The molecule has 0 aliphatic carbocycles. The second-order valence-electron chi connectivity index (χ2n) is 2.24. The number of rotatable bonds is 3. The summed E-state index contributed by atoms with van der Waals surface area (Å²) < 4.78 is 0. The Bertz CT molecular complexity index is 87.8. The fourth-order valence-corrected chi connectivity index (χ4v) is 0.520. The summed E-state index contributed by atoms with van der Waals surface area (Å²) in [4.78, 5) is 0. The van der Waals surface area contributed by atoms with Crippen LogP contribution in [-0.2, 0) is 0 Å². The van der Waals surface area contributed by atoms with Gasteiger partial charge in [0.1, 0.15) is 0 Å². The van der Waals surface area contributed by atoms with Gasteiger partial charge in [0.05, 0.1) is 5.84 Å². The van der Waals surface area contributed by atoms with Gasteiger partial charge in [-0.05, 0) is 5.92 Å². The number of nitrogens with two attached hydrogens (primary N) is 1. The maximum Gasteiger partial charge on any atom is 1.00 e. The molecule has 0 radical (unpaired) electrons. The number of nitrogens with one attached hydrogen (secondary N) is 1. The van der Waals surface area contributed by atoms with E-state index in [0.29, 0.717) is 11.8 Å². The van der Waals surface area contributed by atoms with Crippen molar-refractivity contribution in [1.29, 1.82) is 5.41 Å². The van der Waals surface area contributed by atoms with Gasteiger partial charge in [0.15, 0.2) is 0 Å². The Morgan fingerprint density at radius 2 is 2.22 bits per heavy atom. The first-order valence-electron chi connectivity index (χ1n) is 2.99. The van der Waals surface area contributed by atoms with E-state index in [-0.39, 0.29) is 20.3 Å². The van der Waals surface area contributed by atoms with Gasteiger partial charge in [0, 0.05) is 6.42 Å². The van der Waals surface area contributed by atoms with Crippen LogP contribution in [0.25, 0.3) is 0 Å². The second kappa shape index (κ2) is 6.19. The van der Waals surface area contributed by atoms with Gasteiger partial charge >= 0.3 is 18.9 Å². The zero-order valence-electron chi connectivity index (χ0n) is 7.57. The van der Waals surface area contributed by atoms with Crippen molar-refractivity contribution in [3.63, 3.8) is 0 Å². The smallest absolute Gasteiger partial charge is 1.00 e. The summed E-state index contributed by atoms with van der Waals surface area (Å²) in [5, 5.41) is 6.91. The van der Waals surface area contributed by atoms with Gasteiger partial charge in [-0.2, -0.15) is 0 Å². The van der Waals surface area contributed by atoms with Crippen molar-refractivity contribution in [2.45, 2.75) is 26.7 Å². The molecule has 50 valence electrons. The second-order valence-corrected chi connectivity index (χ2v) is 2.24. The number of hydrogen-bond donors (Lipinski definition) is 2. The predicted octanol–water partition coefficient (Wildman–Crippen LogP) is -1.52. The molecular weight excluding hydrogens is 107 g/mol. The SMILES string of the molecule is CCC(C)CC(=N)N.[H-].[Li+]. The Morgan fingerprint density at radius 3 is 2.33 bits per heavy atom. The number of amidine groups is 1. The van der Waals surface area contributed by atoms with E-state index in [1.807, 2.05) is 0 Å². The van der Waals surface area contributed by atoms with Gasteiger partial charge in [-0.1, -0.05) is 20.3 Å². The summed E-state index contributed by atoms with van der Waals surface area (Å²) in [6.07, 6.45) is 1.86. The minimum Gasteiger partial charge on any atom is -1.00 e. The first-order chi connectivity index (χ1) is 3.66. The van der Waals surface area contributed by atoms with Gasteiger partial charge in [-0.3, -0.25) is 5.41 Å². The van der Waals surface area contributed by atoms with Gasteiger partial charge in [0.25, 0.3) is 0 Å². The Hall–Kier alpha value is 0.0674. The quantitative estimate of drug-likeness (QED) is 0.266. The summed E-state index contributed by atoms with van der Waals surface area (Å²) in [7, 11) is 0. The molecule has 0 spiro atoms. The molecule has 0 aliphatic rings. The average Bonchev–Trinajstić information content (AvgIpc) is 1.65. The van der Waals surface area contributed by atoms with Crippen LogP contribution in [0.15, 0.2) is 0 Å². The third-order valence-corrected chi connectivity index (χ3v) is 1.27. The third kappa shape index (κ3) is 8.07. The van der Waals surface area contributed by atoms with E-state index in [1.165, 1.54) is 0 Å². The van der Waals surface area contributed by atoms with Crippen LogP contribution < -0.4 is 24.6 Å². The van der Waals surface area contributed by atoms with Crippen molar-refractivity contribution >= 4 is 5.84 Å². The molecule has 0 heterocycles. The van der Waals surface area contributed by atoms with Crippen LogP contribution in [0.2, 0.25) is 0 Å². The standard InChI is InChI=1S/C6H14N2.Li.H/c1-3-5(2)4-6(7)8;;/h5H,3-4H2,1-2H3,(H3,7,8);;/q;+1;-1. The zero-order chi connectivity index (χ0) is 6.57. The van der Waals surface area contributed by atoms with Crippen LogP contribution in [0.3, 0.4) is 0 Å². The molecule has 0 saturated carbocycles. The predicted molar refractivity (Wildman–Crippen MR) is 37.1 cm³/mol. The van der Waals surface area contributed by atoms with E-state index in [2.05, 4.69) is 13.8 Å². The molecule has 1 atom stereocenters. The topological polar surface area (TPSA) is 49.9 Å². The molecule has 0 aromatic rings. The van der Waals surface area contributed by atoms with E-state index < -0.39 is 0 Å². The van der Waals surface area contributed by atoms with Crippen molar-refractivity contribution in [3.8, 4) is 0 Å². The number of hydrogen-bond acceptors (Lipinski definition) is 1. The van der Waals surface area contributed by atoms with Crippen molar-refractivity contribution in [3.05, 3.63) is 0 Å². The first-order valence-corrected chi connectivity index (χ1v) is 2.99. The molecule has 0 aromatic carbocycles. The Labute approximate surface area is 70.4 Å². The van der Waals surface area contributed by atoms with Gasteiger partial charge < -0.3 is 7.16 Å². The molecule has 0 aromatic heterocycles. The van der Waals surface area contributed by atoms with Gasteiger partial charge in [-0.25, -0.2) is 0 Å². The molecule has 0 amide bonds. The molecule has 0 aliphatic heterocycles. The molecule has 0 bridgehead atoms. The summed E-state index contributed by atoms with van der Waals surface area (Å²) in [5.74, 6) is 0.881. The molecule has 0 fully saturated rings. The maximum absolute atomic E-state index is 6.91. The van der Waals surface area contributed by atoms with E-state index >= 15 is 0 Å². The van der Waals surface area contributed by atoms with Gasteiger partial charge in [0.2, 0.25) is 0 Å². The summed E-state index contributed by atoms with van der Waals surface area (Å²) in [6, 6.07) is 0. The Kier molecular flexibility index (Phi) is 8.13. The van der Waals surface area contributed by atoms with Crippen LogP contribution in [0.1, 0.15) is 28.1 Å².